The Balaban J connectivity index is 1.53. The highest BCUT2D eigenvalue weighted by molar-refractivity contribution is 7.99. The first-order chi connectivity index (χ1) is 13.5. The minimum absolute atomic E-state index is 0.101. The Morgan fingerprint density at radius 1 is 1.39 bits per heavy atom. The van der Waals surface area contributed by atoms with Crippen LogP contribution < -0.4 is 15.1 Å². The van der Waals surface area contributed by atoms with Gasteiger partial charge in [0, 0.05) is 36.5 Å². The zero-order chi connectivity index (χ0) is 19.7. The number of aromatic nitrogens is 3. The lowest BCUT2D eigenvalue weighted by Gasteiger charge is -2.33. The van der Waals surface area contributed by atoms with Crippen LogP contribution in [0.4, 0.5) is 11.4 Å². The third-order valence-corrected chi connectivity index (χ3v) is 6.45. The second-order valence-electron chi connectivity index (χ2n) is 7.41. The number of piperidine rings is 1. The number of amides is 2. The molecule has 2 amide bonds. The molecule has 2 aliphatic rings. The fourth-order valence-electron chi connectivity index (χ4n) is 3.75. The number of fused-ring (bicyclic) bond motifs is 1. The molecule has 1 aromatic carbocycles. The predicted octanol–water partition coefficient (Wildman–Crippen LogP) is 1.91. The fraction of sp³-hybridized carbons (Fsp3) is 0.474. The van der Waals surface area contributed by atoms with Crippen LogP contribution in [0.3, 0.4) is 0 Å². The van der Waals surface area contributed by atoms with E-state index < -0.39 is 11.9 Å². The molecule has 0 bridgehead atoms. The predicted molar refractivity (Wildman–Crippen MR) is 109 cm³/mol. The second-order valence-corrected chi connectivity index (χ2v) is 8.48. The Labute approximate surface area is 168 Å². The van der Waals surface area contributed by atoms with E-state index in [9.17, 15) is 9.59 Å². The molecule has 8 nitrogen and oxygen atoms in total. The van der Waals surface area contributed by atoms with Crippen LogP contribution in [-0.4, -0.2) is 58.9 Å². The first-order valence-corrected chi connectivity index (χ1v) is 10.5. The SMILES string of the molecule is C[C@@H]1CCCN(c2ccc3c(c2)N(C)C(=O)[C@@H](NC(=O)c2ncn[nH]2)CS3)C1. The largest absolute Gasteiger partial charge is 0.371 e. The number of H-pyrrole nitrogens is 1. The van der Waals surface area contributed by atoms with Gasteiger partial charge < -0.3 is 15.1 Å². The smallest absolute Gasteiger partial charge is 0.289 e. The molecule has 28 heavy (non-hydrogen) atoms. The van der Waals surface area contributed by atoms with Crippen molar-refractivity contribution in [2.75, 3.05) is 35.7 Å². The summed E-state index contributed by atoms with van der Waals surface area (Å²) in [6.07, 6.45) is 3.73. The highest BCUT2D eigenvalue weighted by Gasteiger charge is 2.31. The number of aromatic amines is 1. The van der Waals surface area contributed by atoms with Crippen LogP contribution in [0.5, 0.6) is 0 Å². The van der Waals surface area contributed by atoms with Crippen molar-refractivity contribution in [3.63, 3.8) is 0 Å². The highest BCUT2D eigenvalue weighted by atomic mass is 32.2. The summed E-state index contributed by atoms with van der Waals surface area (Å²) in [5, 5.41) is 8.97. The Bertz CT molecular complexity index is 871. The van der Waals surface area contributed by atoms with E-state index in [4.69, 9.17) is 0 Å². The molecule has 0 unspecified atom stereocenters. The van der Waals surface area contributed by atoms with Crippen LogP contribution in [0.15, 0.2) is 29.4 Å². The van der Waals surface area contributed by atoms with Crippen LogP contribution in [-0.2, 0) is 4.79 Å². The van der Waals surface area contributed by atoms with Crippen LogP contribution in [0.1, 0.15) is 30.4 Å². The van der Waals surface area contributed by atoms with E-state index in [1.165, 1.54) is 19.2 Å². The van der Waals surface area contributed by atoms with Gasteiger partial charge in [0.1, 0.15) is 12.4 Å². The topological polar surface area (TPSA) is 94.2 Å². The Morgan fingerprint density at radius 2 is 2.25 bits per heavy atom. The average molecular weight is 401 g/mol. The lowest BCUT2D eigenvalue weighted by atomic mass is 9.99. The van der Waals surface area contributed by atoms with E-state index in [2.05, 4.69) is 50.5 Å². The quantitative estimate of drug-likeness (QED) is 0.817. The van der Waals surface area contributed by atoms with Crippen molar-refractivity contribution in [2.45, 2.75) is 30.7 Å². The molecule has 1 saturated heterocycles. The maximum Gasteiger partial charge on any atom is 0.289 e. The molecule has 0 spiro atoms. The molecule has 0 saturated carbocycles. The molecule has 2 aromatic rings. The van der Waals surface area contributed by atoms with Crippen molar-refractivity contribution in [3.05, 3.63) is 30.4 Å². The minimum atomic E-state index is -0.626. The Morgan fingerprint density at radius 3 is 3.00 bits per heavy atom. The van der Waals surface area contributed by atoms with Gasteiger partial charge in [0.15, 0.2) is 0 Å². The number of hydrogen-bond donors (Lipinski definition) is 2. The van der Waals surface area contributed by atoms with E-state index in [0.717, 1.165) is 29.4 Å². The van der Waals surface area contributed by atoms with Crippen molar-refractivity contribution in [1.82, 2.24) is 20.5 Å². The number of carbonyl (C=O) groups excluding carboxylic acids is 2. The molecule has 0 aliphatic carbocycles. The van der Waals surface area contributed by atoms with E-state index in [-0.39, 0.29) is 11.7 Å². The molecule has 2 aliphatic heterocycles. The van der Waals surface area contributed by atoms with Gasteiger partial charge in [-0.15, -0.1) is 11.8 Å². The number of thioether (sulfide) groups is 1. The molecule has 9 heteroatoms. The number of likely N-dealkylation sites (N-methyl/N-ethyl adjacent to an activating group) is 1. The first-order valence-electron chi connectivity index (χ1n) is 9.48. The zero-order valence-corrected chi connectivity index (χ0v) is 16.8. The van der Waals surface area contributed by atoms with Crippen LogP contribution in [0.2, 0.25) is 0 Å². The molecule has 148 valence electrons. The van der Waals surface area contributed by atoms with Crippen molar-refractivity contribution < 1.29 is 9.59 Å². The highest BCUT2D eigenvalue weighted by Crippen LogP contribution is 2.37. The van der Waals surface area contributed by atoms with Crippen LogP contribution >= 0.6 is 11.8 Å². The lowest BCUT2D eigenvalue weighted by Crippen LogP contribution is -2.48. The number of benzene rings is 1. The number of anilines is 2. The van der Waals surface area contributed by atoms with E-state index in [1.54, 1.807) is 23.7 Å². The number of hydrogen-bond acceptors (Lipinski definition) is 6. The van der Waals surface area contributed by atoms with E-state index in [1.807, 2.05) is 0 Å². The maximum atomic E-state index is 13.0. The summed E-state index contributed by atoms with van der Waals surface area (Å²) in [7, 11) is 1.77. The van der Waals surface area contributed by atoms with Gasteiger partial charge in [0.05, 0.1) is 5.69 Å². The van der Waals surface area contributed by atoms with Crippen molar-refractivity contribution >= 4 is 35.0 Å². The summed E-state index contributed by atoms with van der Waals surface area (Å²) in [6.45, 7) is 4.37. The second kappa shape index (κ2) is 7.83. The molecular formula is C19H24N6O2S. The summed E-state index contributed by atoms with van der Waals surface area (Å²) >= 11 is 1.58. The normalized spacial score (nSPS) is 22.6. The number of nitrogens with zero attached hydrogens (tertiary/aromatic N) is 4. The zero-order valence-electron chi connectivity index (χ0n) is 16.0. The van der Waals surface area contributed by atoms with Crippen LogP contribution in [0, 0.1) is 5.92 Å². The van der Waals surface area contributed by atoms with Gasteiger partial charge in [-0.1, -0.05) is 6.92 Å². The Kier molecular flexibility index (Phi) is 5.25. The summed E-state index contributed by atoms with van der Waals surface area (Å²) in [4.78, 5) is 34.2. The number of nitrogens with one attached hydrogen (secondary N) is 2. The van der Waals surface area contributed by atoms with Gasteiger partial charge >= 0.3 is 0 Å². The molecule has 3 heterocycles. The maximum absolute atomic E-state index is 13.0. The molecule has 1 aromatic heterocycles. The molecule has 1 fully saturated rings. The average Bonchev–Trinajstić information content (AvgIpc) is 3.21. The first kappa shape index (κ1) is 18.8. The minimum Gasteiger partial charge on any atom is -0.371 e. The molecule has 2 N–H and O–H groups in total. The van der Waals surface area contributed by atoms with Gasteiger partial charge in [-0.2, -0.15) is 5.10 Å². The molecular weight excluding hydrogens is 376 g/mol. The summed E-state index contributed by atoms with van der Waals surface area (Å²) in [6, 6.07) is 5.69. The van der Waals surface area contributed by atoms with Crippen LogP contribution in [0.25, 0.3) is 0 Å². The van der Waals surface area contributed by atoms with Gasteiger partial charge in [-0.05, 0) is 37.0 Å². The number of rotatable bonds is 3. The van der Waals surface area contributed by atoms with E-state index in [0.29, 0.717) is 11.7 Å². The van der Waals surface area contributed by atoms with Gasteiger partial charge in [-0.3, -0.25) is 14.7 Å². The van der Waals surface area contributed by atoms with Gasteiger partial charge in [-0.25, -0.2) is 4.98 Å². The fourth-order valence-corrected chi connectivity index (χ4v) is 4.83. The summed E-state index contributed by atoms with van der Waals surface area (Å²) in [5.74, 6) is 0.679. The molecule has 0 radical (unpaired) electrons. The van der Waals surface area contributed by atoms with Crippen molar-refractivity contribution in [3.8, 4) is 0 Å². The number of carbonyl (C=O) groups is 2. The van der Waals surface area contributed by atoms with Gasteiger partial charge in [0.25, 0.3) is 5.91 Å². The van der Waals surface area contributed by atoms with Gasteiger partial charge in [0.2, 0.25) is 11.7 Å². The molecule has 4 rings (SSSR count). The summed E-state index contributed by atoms with van der Waals surface area (Å²) in [5.41, 5.74) is 2.04. The summed E-state index contributed by atoms with van der Waals surface area (Å²) < 4.78 is 0. The van der Waals surface area contributed by atoms with Crippen molar-refractivity contribution in [2.24, 2.45) is 5.92 Å². The van der Waals surface area contributed by atoms with Crippen molar-refractivity contribution in [1.29, 1.82) is 0 Å². The lowest BCUT2D eigenvalue weighted by molar-refractivity contribution is -0.119. The Hall–Kier alpha value is -2.55. The third kappa shape index (κ3) is 3.71. The standard InChI is InChI=1S/C19H24N6O2S/c1-12-4-3-7-25(9-12)13-5-6-16-15(8-13)24(2)19(27)14(10-28-16)22-18(26)17-20-11-21-23-17/h5-6,8,11-12,14H,3-4,7,9-10H2,1-2H3,(H,22,26)(H,20,21,23)/t12-,14+/m1/s1. The monoisotopic (exact) mass is 400 g/mol. The molecule has 2 atom stereocenters. The van der Waals surface area contributed by atoms with E-state index >= 15 is 0 Å². The third-order valence-electron chi connectivity index (χ3n) is 5.30.